The molecule has 1 aromatic rings. The number of hydrogen-bond acceptors (Lipinski definition) is 3. The minimum atomic E-state index is 0.823. The minimum absolute atomic E-state index is 0.823. The first-order valence-corrected chi connectivity index (χ1v) is 3.35. The van der Waals surface area contributed by atoms with Gasteiger partial charge in [-0.1, -0.05) is 6.07 Å². The summed E-state index contributed by atoms with van der Waals surface area (Å²) in [5, 5.41) is 6.33. The standard InChI is InChI=1S/C7H9N3/c1-2-6-4-8-5-10-7(6)9-3-1/h1-3,8H,4-5H2,(H,9,10). The van der Waals surface area contributed by atoms with E-state index >= 15 is 0 Å². The van der Waals surface area contributed by atoms with E-state index in [0.717, 1.165) is 19.0 Å². The Morgan fingerprint density at radius 2 is 2.50 bits per heavy atom. The van der Waals surface area contributed by atoms with Gasteiger partial charge in [-0.3, -0.25) is 5.32 Å². The molecule has 1 aromatic heterocycles. The Kier molecular flexibility index (Phi) is 1.29. The Morgan fingerprint density at radius 3 is 3.40 bits per heavy atom. The van der Waals surface area contributed by atoms with E-state index in [-0.39, 0.29) is 0 Å². The van der Waals surface area contributed by atoms with E-state index < -0.39 is 0 Å². The second-order valence-electron chi connectivity index (χ2n) is 2.29. The number of fused-ring (bicyclic) bond motifs is 1. The zero-order valence-electron chi connectivity index (χ0n) is 5.59. The van der Waals surface area contributed by atoms with E-state index in [4.69, 9.17) is 0 Å². The molecule has 0 bridgehead atoms. The molecule has 2 heterocycles. The predicted octanol–water partition coefficient (Wildman–Crippen LogP) is 0.554. The van der Waals surface area contributed by atoms with E-state index in [1.165, 1.54) is 5.56 Å². The maximum absolute atomic E-state index is 4.17. The molecule has 0 aromatic carbocycles. The smallest absolute Gasteiger partial charge is 0.131 e. The molecule has 0 spiro atoms. The molecule has 10 heavy (non-hydrogen) atoms. The third-order valence-electron chi connectivity index (χ3n) is 1.59. The predicted molar refractivity (Wildman–Crippen MR) is 39.6 cm³/mol. The largest absolute Gasteiger partial charge is 0.357 e. The van der Waals surface area contributed by atoms with Gasteiger partial charge in [0.05, 0.1) is 6.67 Å². The van der Waals surface area contributed by atoms with E-state index in [9.17, 15) is 0 Å². The third kappa shape index (κ3) is 0.844. The van der Waals surface area contributed by atoms with Crippen molar-refractivity contribution < 1.29 is 0 Å². The van der Waals surface area contributed by atoms with Crippen molar-refractivity contribution in [3.05, 3.63) is 23.9 Å². The molecule has 1 aliphatic heterocycles. The van der Waals surface area contributed by atoms with Gasteiger partial charge in [0.2, 0.25) is 0 Å². The molecule has 2 rings (SSSR count). The number of pyridine rings is 1. The third-order valence-corrected chi connectivity index (χ3v) is 1.59. The highest BCUT2D eigenvalue weighted by Crippen LogP contribution is 2.12. The molecule has 0 fully saturated rings. The summed E-state index contributed by atoms with van der Waals surface area (Å²) in [6, 6.07) is 4.02. The van der Waals surface area contributed by atoms with Crippen LogP contribution in [-0.4, -0.2) is 11.7 Å². The molecule has 2 N–H and O–H groups in total. The zero-order valence-corrected chi connectivity index (χ0v) is 5.59. The Balaban J connectivity index is 2.41. The van der Waals surface area contributed by atoms with Gasteiger partial charge in [-0.05, 0) is 6.07 Å². The molecule has 0 saturated carbocycles. The molecule has 0 atom stereocenters. The molecule has 0 saturated heterocycles. The lowest BCUT2D eigenvalue weighted by Gasteiger charge is -2.16. The lowest BCUT2D eigenvalue weighted by atomic mass is 10.2. The van der Waals surface area contributed by atoms with Crippen LogP contribution in [0.3, 0.4) is 0 Å². The summed E-state index contributed by atoms with van der Waals surface area (Å²) in [5.41, 5.74) is 1.24. The number of hydrogen-bond donors (Lipinski definition) is 2. The lowest BCUT2D eigenvalue weighted by molar-refractivity contribution is 0.702. The normalized spacial score (nSPS) is 15.6. The summed E-state index contributed by atoms with van der Waals surface area (Å²) in [4.78, 5) is 4.17. The highest BCUT2D eigenvalue weighted by atomic mass is 15.1. The summed E-state index contributed by atoms with van der Waals surface area (Å²) in [7, 11) is 0. The highest BCUT2D eigenvalue weighted by Gasteiger charge is 2.05. The van der Waals surface area contributed by atoms with Gasteiger partial charge in [-0.15, -0.1) is 0 Å². The molecule has 0 radical (unpaired) electrons. The summed E-state index contributed by atoms with van der Waals surface area (Å²) in [6.45, 7) is 1.75. The van der Waals surface area contributed by atoms with E-state index in [1.807, 2.05) is 6.07 Å². The molecule has 0 unspecified atom stereocenters. The highest BCUT2D eigenvalue weighted by molar-refractivity contribution is 5.44. The fourth-order valence-electron chi connectivity index (χ4n) is 1.08. The van der Waals surface area contributed by atoms with Crippen LogP contribution in [0.2, 0.25) is 0 Å². The average Bonchev–Trinajstić information content (AvgIpc) is 2.05. The summed E-state index contributed by atoms with van der Waals surface area (Å²) < 4.78 is 0. The van der Waals surface area contributed by atoms with Gasteiger partial charge in [-0.25, -0.2) is 4.98 Å². The van der Waals surface area contributed by atoms with E-state index in [1.54, 1.807) is 6.20 Å². The number of nitrogens with zero attached hydrogens (tertiary/aromatic N) is 1. The topological polar surface area (TPSA) is 37.0 Å². The number of anilines is 1. The molecular formula is C7H9N3. The molecule has 0 amide bonds. The monoisotopic (exact) mass is 135 g/mol. The molecule has 52 valence electrons. The Morgan fingerprint density at radius 1 is 1.50 bits per heavy atom. The van der Waals surface area contributed by atoms with Crippen LogP contribution in [0.25, 0.3) is 0 Å². The zero-order chi connectivity index (χ0) is 6.81. The van der Waals surface area contributed by atoms with Crippen molar-refractivity contribution in [2.45, 2.75) is 6.54 Å². The Hall–Kier alpha value is -1.09. The fraction of sp³-hybridized carbons (Fsp3) is 0.286. The van der Waals surface area contributed by atoms with Crippen LogP contribution in [0, 0.1) is 0 Å². The van der Waals surface area contributed by atoms with Crippen molar-refractivity contribution in [1.82, 2.24) is 10.3 Å². The first-order valence-electron chi connectivity index (χ1n) is 3.35. The van der Waals surface area contributed by atoms with Crippen molar-refractivity contribution in [1.29, 1.82) is 0 Å². The van der Waals surface area contributed by atoms with Crippen molar-refractivity contribution in [3.63, 3.8) is 0 Å². The van der Waals surface area contributed by atoms with Gasteiger partial charge in [0.15, 0.2) is 0 Å². The first-order chi connectivity index (χ1) is 4.97. The van der Waals surface area contributed by atoms with Crippen molar-refractivity contribution in [2.75, 3.05) is 12.0 Å². The maximum Gasteiger partial charge on any atom is 0.131 e. The average molecular weight is 135 g/mol. The maximum atomic E-state index is 4.17. The van der Waals surface area contributed by atoms with Crippen LogP contribution in [0.15, 0.2) is 18.3 Å². The van der Waals surface area contributed by atoms with Gasteiger partial charge >= 0.3 is 0 Å². The second kappa shape index (κ2) is 2.27. The van der Waals surface area contributed by atoms with E-state index in [0.29, 0.717) is 0 Å². The number of rotatable bonds is 0. The van der Waals surface area contributed by atoms with Gasteiger partial charge in [0, 0.05) is 18.3 Å². The lowest BCUT2D eigenvalue weighted by Crippen LogP contribution is -2.27. The Labute approximate surface area is 59.5 Å². The second-order valence-corrected chi connectivity index (χ2v) is 2.29. The summed E-state index contributed by atoms with van der Waals surface area (Å²) >= 11 is 0. The first kappa shape index (κ1) is 5.68. The fourth-order valence-corrected chi connectivity index (χ4v) is 1.08. The minimum Gasteiger partial charge on any atom is -0.357 e. The summed E-state index contributed by atoms with van der Waals surface area (Å²) in [5.74, 6) is 1.02. The molecular weight excluding hydrogens is 126 g/mol. The van der Waals surface area contributed by atoms with Crippen molar-refractivity contribution in [3.8, 4) is 0 Å². The molecule has 0 aliphatic carbocycles. The molecule has 1 aliphatic rings. The van der Waals surface area contributed by atoms with Gasteiger partial charge < -0.3 is 5.32 Å². The number of aromatic nitrogens is 1. The van der Waals surface area contributed by atoms with Crippen LogP contribution in [0.4, 0.5) is 5.82 Å². The van der Waals surface area contributed by atoms with E-state index in [2.05, 4.69) is 21.7 Å². The Bertz CT molecular complexity index is 209. The van der Waals surface area contributed by atoms with Crippen molar-refractivity contribution in [2.24, 2.45) is 0 Å². The van der Waals surface area contributed by atoms with Crippen molar-refractivity contribution >= 4 is 5.82 Å². The van der Waals surface area contributed by atoms with Gasteiger partial charge in [-0.2, -0.15) is 0 Å². The van der Waals surface area contributed by atoms with Crippen LogP contribution >= 0.6 is 0 Å². The quantitative estimate of drug-likeness (QED) is 0.545. The van der Waals surface area contributed by atoms with Crippen LogP contribution < -0.4 is 10.6 Å². The van der Waals surface area contributed by atoms with Gasteiger partial charge in [0.1, 0.15) is 5.82 Å². The molecule has 3 nitrogen and oxygen atoms in total. The molecule has 3 heteroatoms. The van der Waals surface area contributed by atoms with Gasteiger partial charge in [0.25, 0.3) is 0 Å². The van der Waals surface area contributed by atoms with Crippen LogP contribution in [-0.2, 0) is 6.54 Å². The SMILES string of the molecule is c1cnc2c(c1)CNCN2. The van der Waals surface area contributed by atoms with Crippen LogP contribution in [0.1, 0.15) is 5.56 Å². The summed E-state index contributed by atoms with van der Waals surface area (Å²) in [6.07, 6.45) is 1.80. The van der Waals surface area contributed by atoms with Crippen LogP contribution in [0.5, 0.6) is 0 Å². The number of nitrogens with one attached hydrogen (secondary N) is 2.